The second kappa shape index (κ2) is 19.3. The van der Waals surface area contributed by atoms with Gasteiger partial charge in [0.15, 0.2) is 0 Å². The van der Waals surface area contributed by atoms with Gasteiger partial charge in [-0.1, -0.05) is 162 Å². The van der Waals surface area contributed by atoms with Crippen molar-refractivity contribution >= 4 is 28.3 Å². The fourth-order valence-electron chi connectivity index (χ4n) is 7.46. The number of fused-ring (bicyclic) bond motifs is 2. The molecule has 0 amide bonds. The molecule has 4 aromatic carbocycles. The van der Waals surface area contributed by atoms with Crippen LogP contribution in [0.1, 0.15) is 46.6 Å². The number of nitrogens with zero attached hydrogens (tertiary/aromatic N) is 2. The van der Waals surface area contributed by atoms with E-state index in [4.69, 9.17) is 0 Å². The van der Waals surface area contributed by atoms with Gasteiger partial charge in [0.05, 0.1) is 0 Å². The van der Waals surface area contributed by atoms with Crippen molar-refractivity contribution in [2.24, 2.45) is 11.8 Å². The van der Waals surface area contributed by atoms with E-state index in [1.54, 1.807) is 6.08 Å². The van der Waals surface area contributed by atoms with Crippen LogP contribution in [-0.4, -0.2) is 0 Å². The molecule has 2 bridgehead atoms. The average Bonchev–Trinajstić information content (AvgIpc) is 3.29. The molecule has 0 saturated carbocycles. The fourth-order valence-corrected chi connectivity index (χ4v) is 7.46. The van der Waals surface area contributed by atoms with Gasteiger partial charge < -0.3 is 15.1 Å². The Kier molecular flexibility index (Phi) is 13.6. The van der Waals surface area contributed by atoms with Gasteiger partial charge in [-0.05, 0) is 108 Å². The molecule has 3 heteroatoms. The zero-order chi connectivity index (χ0) is 40.1. The van der Waals surface area contributed by atoms with E-state index in [1.165, 1.54) is 39.2 Å². The molecule has 57 heavy (non-hydrogen) atoms. The third kappa shape index (κ3) is 9.28. The Morgan fingerprint density at radius 3 is 1.88 bits per heavy atom. The molecular formula is C54H55N3. The summed E-state index contributed by atoms with van der Waals surface area (Å²) in [5.74, 6) is 0.330. The third-order valence-corrected chi connectivity index (χ3v) is 10.2. The van der Waals surface area contributed by atoms with Crippen LogP contribution in [0.5, 0.6) is 0 Å². The molecule has 2 unspecified atom stereocenters. The average molecular weight is 746 g/mol. The molecule has 3 nitrogen and oxygen atoms in total. The Bertz CT molecular complexity index is 2270. The lowest BCUT2D eigenvalue weighted by Gasteiger charge is -2.30. The van der Waals surface area contributed by atoms with Crippen molar-refractivity contribution in [3.63, 3.8) is 0 Å². The van der Waals surface area contributed by atoms with Crippen molar-refractivity contribution < 1.29 is 0 Å². The zero-order valence-corrected chi connectivity index (χ0v) is 34.1. The Hall–Kier alpha value is -6.58. The topological polar surface area (TPSA) is 18.5 Å². The highest BCUT2D eigenvalue weighted by Crippen LogP contribution is 2.38. The molecule has 2 atom stereocenters. The number of hydrogen-bond donors (Lipinski definition) is 1. The summed E-state index contributed by atoms with van der Waals surface area (Å²) < 4.78 is 0. The molecule has 0 radical (unpaired) electrons. The van der Waals surface area contributed by atoms with Crippen molar-refractivity contribution in [2.45, 2.75) is 41.0 Å². The number of para-hydroxylation sites is 3. The summed E-state index contributed by atoms with van der Waals surface area (Å²) in [4.78, 5) is 4.54. The van der Waals surface area contributed by atoms with Crippen LogP contribution in [0.2, 0.25) is 0 Å². The van der Waals surface area contributed by atoms with Crippen LogP contribution in [0.4, 0.5) is 22.7 Å². The van der Waals surface area contributed by atoms with Gasteiger partial charge >= 0.3 is 0 Å². The minimum absolute atomic E-state index is 0.133. The molecule has 7 rings (SSSR count). The lowest BCUT2D eigenvalue weighted by molar-refractivity contribution is 0.738. The molecule has 0 spiro atoms. The van der Waals surface area contributed by atoms with E-state index in [9.17, 15) is 0 Å². The summed E-state index contributed by atoms with van der Waals surface area (Å²) in [5, 5.41) is 3.91. The lowest BCUT2D eigenvalue weighted by Crippen LogP contribution is -2.26. The van der Waals surface area contributed by atoms with E-state index in [0.29, 0.717) is 0 Å². The molecule has 1 aliphatic heterocycles. The standard InChI is InChI=1S/C52H49N3.C2H6/c1-6-19-43(7-2)54(44-20-11-8-12-21-44)48-33-29-41(30-34-48)42-31-35-49-40(5)51(37-38(3)36-42)53-52-39(4)28-32-47(26-17-18-27-50(49)52)55(45-22-13-9-14-23-45)46-24-15-10-16-25-46;1-2/h6-16,18-39,53H,1-2,17H2,3-5H3;1-2H3/b27-18-,32-28-,35-31-,42-36?,43-19+,47-26+,51-37+;. The molecule has 0 aromatic heterocycles. The maximum atomic E-state index is 4.09. The van der Waals surface area contributed by atoms with E-state index in [-0.39, 0.29) is 11.8 Å². The van der Waals surface area contributed by atoms with Crippen molar-refractivity contribution in [1.82, 2.24) is 5.32 Å². The van der Waals surface area contributed by atoms with Gasteiger partial charge in [0.2, 0.25) is 0 Å². The second-order valence-electron chi connectivity index (χ2n) is 14.1. The Morgan fingerprint density at radius 2 is 1.28 bits per heavy atom. The SMILES string of the molecule is C=C/C=C(\C=C)N(c1ccccc1)c1ccc(C2=CC(C)\C=C3NC4=C(/C=C\C/C=C(N(c5ccccc5)c5ccccc5)\C=C/C4C)C(=C\3C)/C=C\2)cc1.CC. The van der Waals surface area contributed by atoms with Crippen LogP contribution in [0, 0.1) is 11.8 Å². The van der Waals surface area contributed by atoms with Crippen molar-refractivity contribution in [3.8, 4) is 0 Å². The van der Waals surface area contributed by atoms with Gasteiger partial charge in [-0.25, -0.2) is 0 Å². The minimum atomic E-state index is 0.133. The van der Waals surface area contributed by atoms with E-state index < -0.39 is 0 Å². The quantitative estimate of drug-likeness (QED) is 0.172. The summed E-state index contributed by atoms with van der Waals surface area (Å²) in [5.41, 5.74) is 15.0. The maximum Gasteiger partial charge on any atom is 0.0462 e. The van der Waals surface area contributed by atoms with Gasteiger partial charge in [0, 0.05) is 57.0 Å². The molecule has 286 valence electrons. The van der Waals surface area contributed by atoms with Crippen LogP contribution in [0.25, 0.3) is 5.57 Å². The van der Waals surface area contributed by atoms with Gasteiger partial charge in [0.1, 0.15) is 0 Å². The van der Waals surface area contributed by atoms with Crippen molar-refractivity contribution in [3.05, 3.63) is 246 Å². The van der Waals surface area contributed by atoms with Crippen LogP contribution >= 0.6 is 0 Å². The van der Waals surface area contributed by atoms with Gasteiger partial charge in [-0.2, -0.15) is 0 Å². The highest BCUT2D eigenvalue weighted by molar-refractivity contribution is 5.79. The van der Waals surface area contributed by atoms with Gasteiger partial charge in [-0.3, -0.25) is 0 Å². The third-order valence-electron chi connectivity index (χ3n) is 10.2. The number of dihydropyridines is 1. The number of nitrogens with one attached hydrogen (secondary N) is 1. The highest BCUT2D eigenvalue weighted by Gasteiger charge is 2.25. The van der Waals surface area contributed by atoms with Crippen molar-refractivity contribution in [1.29, 1.82) is 0 Å². The zero-order valence-electron chi connectivity index (χ0n) is 34.1. The first-order chi connectivity index (χ1) is 27.9. The fraction of sp³-hybridized carbons (Fsp3) is 0.148. The largest absolute Gasteiger partial charge is 0.358 e. The first kappa shape index (κ1) is 40.1. The van der Waals surface area contributed by atoms with E-state index >= 15 is 0 Å². The van der Waals surface area contributed by atoms with Crippen LogP contribution in [-0.2, 0) is 0 Å². The van der Waals surface area contributed by atoms with E-state index in [2.05, 4.69) is 213 Å². The van der Waals surface area contributed by atoms with Gasteiger partial charge in [-0.15, -0.1) is 0 Å². The van der Waals surface area contributed by atoms with E-state index in [0.717, 1.165) is 40.6 Å². The number of anilines is 4. The summed E-state index contributed by atoms with van der Waals surface area (Å²) >= 11 is 0. The number of rotatable bonds is 9. The smallest absolute Gasteiger partial charge is 0.0462 e. The molecule has 0 saturated heterocycles. The van der Waals surface area contributed by atoms with Crippen LogP contribution in [0.3, 0.4) is 0 Å². The monoisotopic (exact) mass is 745 g/mol. The highest BCUT2D eigenvalue weighted by atomic mass is 15.2. The Balaban J connectivity index is 0.00000270. The first-order valence-corrected chi connectivity index (χ1v) is 20.2. The van der Waals surface area contributed by atoms with Crippen molar-refractivity contribution in [2.75, 3.05) is 9.80 Å². The van der Waals surface area contributed by atoms with Crippen LogP contribution < -0.4 is 15.1 Å². The summed E-state index contributed by atoms with van der Waals surface area (Å²) in [6.45, 7) is 18.8. The predicted molar refractivity (Wildman–Crippen MR) is 247 cm³/mol. The molecular weight excluding hydrogens is 691 g/mol. The molecule has 4 aromatic rings. The normalized spacial score (nSPS) is 21.4. The molecule has 2 aliphatic carbocycles. The minimum Gasteiger partial charge on any atom is -0.358 e. The predicted octanol–water partition coefficient (Wildman–Crippen LogP) is 14.6. The van der Waals surface area contributed by atoms with E-state index in [1.807, 2.05) is 32.1 Å². The molecule has 1 N–H and O–H groups in total. The Labute approximate surface area is 341 Å². The second-order valence-corrected chi connectivity index (χ2v) is 14.1. The summed E-state index contributed by atoms with van der Waals surface area (Å²) in [6, 6.07) is 40.4. The Morgan fingerprint density at radius 1 is 0.684 bits per heavy atom. The number of hydrogen-bond acceptors (Lipinski definition) is 3. The van der Waals surface area contributed by atoms with Crippen LogP contribution in [0.15, 0.2) is 241 Å². The number of benzene rings is 4. The summed E-state index contributed by atoms with van der Waals surface area (Å²) in [6.07, 6.45) is 27.3. The first-order valence-electron chi connectivity index (χ1n) is 20.2. The van der Waals surface area contributed by atoms with Gasteiger partial charge in [0.25, 0.3) is 0 Å². The lowest BCUT2D eigenvalue weighted by atomic mass is 9.87. The summed E-state index contributed by atoms with van der Waals surface area (Å²) in [7, 11) is 0. The maximum absolute atomic E-state index is 4.09. The molecule has 0 fully saturated rings. The molecule has 3 aliphatic rings. The number of allylic oxidation sites excluding steroid dienone is 16. The molecule has 1 heterocycles.